The first-order valence-electron chi connectivity index (χ1n) is 7.00. The molecule has 4 heteroatoms. The summed E-state index contributed by atoms with van der Waals surface area (Å²) in [5.41, 5.74) is 15.0. The zero-order valence-corrected chi connectivity index (χ0v) is 12.0. The van der Waals surface area contributed by atoms with Crippen LogP contribution in [0.4, 0.5) is 11.8 Å². The molecule has 1 unspecified atom stereocenters. The SMILES string of the molecule is CC(Cc1ccccc1)c1cccc2nc(N)nc(N)c12. The highest BCUT2D eigenvalue weighted by atomic mass is 15.0. The van der Waals surface area contributed by atoms with Gasteiger partial charge in [0.1, 0.15) is 5.82 Å². The maximum absolute atomic E-state index is 6.06. The average Bonchev–Trinajstić information content (AvgIpc) is 2.47. The molecule has 0 radical (unpaired) electrons. The predicted molar refractivity (Wildman–Crippen MR) is 86.9 cm³/mol. The minimum absolute atomic E-state index is 0.216. The highest BCUT2D eigenvalue weighted by Gasteiger charge is 2.14. The predicted octanol–water partition coefficient (Wildman–Crippen LogP) is 3.14. The van der Waals surface area contributed by atoms with E-state index in [4.69, 9.17) is 11.5 Å². The molecule has 0 saturated heterocycles. The number of hydrogen-bond donors (Lipinski definition) is 2. The fourth-order valence-electron chi connectivity index (χ4n) is 2.75. The number of rotatable bonds is 3. The first-order chi connectivity index (χ1) is 10.1. The van der Waals surface area contributed by atoms with Gasteiger partial charge in [-0.15, -0.1) is 0 Å². The van der Waals surface area contributed by atoms with Crippen LogP contribution in [0, 0.1) is 0 Å². The first-order valence-corrected chi connectivity index (χ1v) is 7.00. The Kier molecular flexibility index (Phi) is 3.44. The van der Waals surface area contributed by atoms with E-state index >= 15 is 0 Å². The van der Waals surface area contributed by atoms with Crippen LogP contribution < -0.4 is 11.5 Å². The molecule has 0 spiro atoms. The van der Waals surface area contributed by atoms with E-state index in [1.54, 1.807) is 0 Å². The molecule has 1 atom stereocenters. The summed E-state index contributed by atoms with van der Waals surface area (Å²) in [6.07, 6.45) is 0.948. The molecule has 106 valence electrons. The molecule has 1 aromatic heterocycles. The van der Waals surface area contributed by atoms with E-state index in [2.05, 4.69) is 47.2 Å². The largest absolute Gasteiger partial charge is 0.383 e. The summed E-state index contributed by atoms with van der Waals surface area (Å²) in [6.45, 7) is 2.19. The summed E-state index contributed by atoms with van der Waals surface area (Å²) in [5, 5.41) is 0.912. The van der Waals surface area contributed by atoms with Gasteiger partial charge < -0.3 is 11.5 Å². The highest BCUT2D eigenvalue weighted by Crippen LogP contribution is 2.30. The molecule has 21 heavy (non-hydrogen) atoms. The lowest BCUT2D eigenvalue weighted by Gasteiger charge is -2.15. The molecular formula is C17H18N4. The summed E-state index contributed by atoms with van der Waals surface area (Å²) in [6, 6.07) is 16.4. The molecule has 0 amide bonds. The number of nitrogens with two attached hydrogens (primary N) is 2. The van der Waals surface area contributed by atoms with Crippen LogP contribution >= 0.6 is 0 Å². The van der Waals surface area contributed by atoms with Gasteiger partial charge in [-0.2, -0.15) is 4.98 Å². The summed E-state index contributed by atoms with van der Waals surface area (Å²) >= 11 is 0. The topological polar surface area (TPSA) is 77.8 Å². The Balaban J connectivity index is 2.04. The molecule has 0 bridgehead atoms. The maximum Gasteiger partial charge on any atom is 0.222 e. The van der Waals surface area contributed by atoms with Crippen LogP contribution in [0.15, 0.2) is 48.5 Å². The number of nitrogens with zero attached hydrogens (tertiary/aromatic N) is 2. The molecule has 0 saturated carbocycles. The zero-order valence-electron chi connectivity index (χ0n) is 12.0. The number of anilines is 2. The molecule has 4 N–H and O–H groups in total. The lowest BCUT2D eigenvalue weighted by atomic mass is 9.91. The van der Waals surface area contributed by atoms with Crippen LogP contribution in [0.2, 0.25) is 0 Å². The third-order valence-corrected chi connectivity index (χ3v) is 3.72. The van der Waals surface area contributed by atoms with Crippen LogP contribution in [-0.2, 0) is 6.42 Å². The van der Waals surface area contributed by atoms with E-state index in [1.807, 2.05) is 18.2 Å². The number of hydrogen-bond acceptors (Lipinski definition) is 4. The van der Waals surface area contributed by atoms with Gasteiger partial charge in [-0.25, -0.2) is 4.98 Å². The van der Waals surface area contributed by atoms with Crippen molar-refractivity contribution < 1.29 is 0 Å². The lowest BCUT2D eigenvalue weighted by molar-refractivity contribution is 0.765. The molecule has 0 fully saturated rings. The van der Waals surface area contributed by atoms with Crippen molar-refractivity contribution in [3.8, 4) is 0 Å². The van der Waals surface area contributed by atoms with Gasteiger partial charge in [0.05, 0.1) is 5.52 Å². The highest BCUT2D eigenvalue weighted by molar-refractivity contribution is 5.92. The molecule has 1 heterocycles. The second-order valence-electron chi connectivity index (χ2n) is 5.30. The second-order valence-corrected chi connectivity index (χ2v) is 5.30. The molecule has 2 aromatic carbocycles. The van der Waals surface area contributed by atoms with Crippen LogP contribution in [0.1, 0.15) is 24.0 Å². The second kappa shape index (κ2) is 5.40. The minimum atomic E-state index is 0.216. The van der Waals surface area contributed by atoms with Crippen molar-refractivity contribution in [2.75, 3.05) is 11.5 Å². The van der Waals surface area contributed by atoms with Gasteiger partial charge in [-0.05, 0) is 29.5 Å². The normalized spacial score (nSPS) is 12.4. The van der Waals surface area contributed by atoms with Crippen molar-refractivity contribution in [3.63, 3.8) is 0 Å². The molecule has 0 aliphatic heterocycles. The van der Waals surface area contributed by atoms with Crippen LogP contribution in [-0.4, -0.2) is 9.97 Å². The standard InChI is InChI=1S/C17H18N4/c1-11(10-12-6-3-2-4-7-12)13-8-5-9-14-15(13)16(18)21-17(19)20-14/h2-9,11H,10H2,1H3,(H4,18,19,20,21). The molecule has 4 nitrogen and oxygen atoms in total. The fourth-order valence-corrected chi connectivity index (χ4v) is 2.75. The average molecular weight is 278 g/mol. The fraction of sp³-hybridized carbons (Fsp3) is 0.176. The van der Waals surface area contributed by atoms with Crippen molar-refractivity contribution in [1.82, 2.24) is 9.97 Å². The Morgan fingerprint density at radius 1 is 0.952 bits per heavy atom. The number of fused-ring (bicyclic) bond motifs is 1. The number of nitrogen functional groups attached to an aromatic ring is 2. The van der Waals surface area contributed by atoms with Gasteiger partial charge in [0, 0.05) is 5.39 Å². The van der Waals surface area contributed by atoms with Gasteiger partial charge >= 0.3 is 0 Å². The van der Waals surface area contributed by atoms with Gasteiger partial charge in [0.2, 0.25) is 5.95 Å². The van der Waals surface area contributed by atoms with E-state index in [1.165, 1.54) is 5.56 Å². The summed E-state index contributed by atoms with van der Waals surface area (Å²) in [4.78, 5) is 8.37. The molecule has 3 rings (SSSR count). The Hall–Kier alpha value is -2.62. The number of aromatic nitrogens is 2. The Morgan fingerprint density at radius 2 is 1.71 bits per heavy atom. The van der Waals surface area contributed by atoms with Crippen LogP contribution in [0.3, 0.4) is 0 Å². The van der Waals surface area contributed by atoms with Gasteiger partial charge in [-0.3, -0.25) is 0 Å². The van der Waals surface area contributed by atoms with Crippen molar-refractivity contribution >= 4 is 22.7 Å². The van der Waals surface area contributed by atoms with Crippen molar-refractivity contribution in [1.29, 1.82) is 0 Å². The quantitative estimate of drug-likeness (QED) is 0.771. The lowest BCUT2D eigenvalue weighted by Crippen LogP contribution is -2.05. The Labute approximate surface area is 123 Å². The first kappa shape index (κ1) is 13.4. The van der Waals surface area contributed by atoms with E-state index in [-0.39, 0.29) is 5.95 Å². The van der Waals surface area contributed by atoms with E-state index < -0.39 is 0 Å². The molecule has 3 aromatic rings. The van der Waals surface area contributed by atoms with Crippen molar-refractivity contribution in [2.24, 2.45) is 0 Å². The van der Waals surface area contributed by atoms with E-state index in [0.29, 0.717) is 11.7 Å². The summed E-state index contributed by atoms with van der Waals surface area (Å²) in [5.74, 6) is 0.992. The molecule has 0 aliphatic carbocycles. The Bertz CT molecular complexity index is 768. The van der Waals surface area contributed by atoms with Crippen LogP contribution in [0.5, 0.6) is 0 Å². The third-order valence-electron chi connectivity index (χ3n) is 3.72. The zero-order chi connectivity index (χ0) is 14.8. The monoisotopic (exact) mass is 278 g/mol. The van der Waals surface area contributed by atoms with Gasteiger partial charge in [0.25, 0.3) is 0 Å². The van der Waals surface area contributed by atoms with E-state index in [0.717, 1.165) is 22.9 Å². The molecular weight excluding hydrogens is 260 g/mol. The minimum Gasteiger partial charge on any atom is -0.383 e. The van der Waals surface area contributed by atoms with Crippen LogP contribution in [0.25, 0.3) is 10.9 Å². The summed E-state index contributed by atoms with van der Waals surface area (Å²) < 4.78 is 0. The smallest absolute Gasteiger partial charge is 0.222 e. The van der Waals surface area contributed by atoms with Crippen molar-refractivity contribution in [2.45, 2.75) is 19.3 Å². The van der Waals surface area contributed by atoms with Gasteiger partial charge in [0.15, 0.2) is 0 Å². The maximum atomic E-state index is 6.06. The Morgan fingerprint density at radius 3 is 2.48 bits per heavy atom. The number of benzene rings is 2. The van der Waals surface area contributed by atoms with Crippen molar-refractivity contribution in [3.05, 3.63) is 59.7 Å². The molecule has 0 aliphatic rings. The third kappa shape index (κ3) is 2.65. The summed E-state index contributed by atoms with van der Waals surface area (Å²) in [7, 11) is 0. The van der Waals surface area contributed by atoms with Gasteiger partial charge in [-0.1, -0.05) is 49.4 Å². The van der Waals surface area contributed by atoms with E-state index in [9.17, 15) is 0 Å².